The molecule has 1 fully saturated rings. The molecule has 0 aliphatic carbocycles. The fraction of sp³-hybridized carbons (Fsp3) is 0.297. The van der Waals surface area contributed by atoms with Crippen LogP contribution in [0.5, 0.6) is 34.5 Å². The van der Waals surface area contributed by atoms with Crippen LogP contribution in [-0.4, -0.2) is 97.9 Å². The molecule has 1 amide bonds. The average Bonchev–Trinajstić information content (AvgIpc) is 3.14. The predicted octanol–water partition coefficient (Wildman–Crippen LogP) is 5.01. The van der Waals surface area contributed by atoms with Crippen molar-refractivity contribution in [1.29, 1.82) is 0 Å². The summed E-state index contributed by atoms with van der Waals surface area (Å²) in [4.78, 5) is 39.5. The third kappa shape index (κ3) is 8.03. The molecule has 1 N–H and O–H groups in total. The van der Waals surface area contributed by atoms with Crippen LogP contribution < -0.4 is 34.6 Å². The number of methoxy groups -OCH3 is 3. The molecule has 0 bridgehead atoms. The number of amides is 1. The number of benzene rings is 3. The second kappa shape index (κ2) is 15.9. The van der Waals surface area contributed by atoms with Crippen LogP contribution in [0.15, 0.2) is 78.0 Å². The van der Waals surface area contributed by atoms with Gasteiger partial charge < -0.3 is 38.8 Å². The summed E-state index contributed by atoms with van der Waals surface area (Å²) in [6, 6.07) is 14.0. The first-order valence-corrected chi connectivity index (χ1v) is 16.4. The molecule has 13 nitrogen and oxygen atoms in total. The topological polar surface area (TPSA) is 130 Å². The van der Waals surface area contributed by atoms with Crippen molar-refractivity contribution >= 4 is 22.5 Å². The summed E-state index contributed by atoms with van der Waals surface area (Å²) < 4.78 is 44.9. The zero-order valence-electron chi connectivity index (χ0n) is 28.8. The smallest absolute Gasteiger partial charge is 0.286 e. The van der Waals surface area contributed by atoms with Crippen LogP contribution in [0.1, 0.15) is 16.9 Å². The van der Waals surface area contributed by atoms with E-state index in [1.807, 2.05) is 0 Å². The van der Waals surface area contributed by atoms with Gasteiger partial charge in [0.2, 0.25) is 0 Å². The number of carbonyl (C=O) groups excluding carboxylic acids is 1. The number of ether oxygens (including phenoxy) is 5. The van der Waals surface area contributed by atoms with E-state index in [1.165, 1.54) is 43.3 Å². The van der Waals surface area contributed by atoms with Crippen molar-refractivity contribution in [1.82, 2.24) is 24.3 Å². The minimum atomic E-state index is -0.813. The highest BCUT2D eigenvalue weighted by Gasteiger charge is 2.19. The third-order valence-electron chi connectivity index (χ3n) is 8.57. The van der Waals surface area contributed by atoms with Gasteiger partial charge in [0.05, 0.1) is 39.1 Å². The number of anilines is 1. The molecule has 0 atom stereocenters. The Hall–Kier alpha value is -5.73. The van der Waals surface area contributed by atoms with Gasteiger partial charge in [-0.3, -0.25) is 19.1 Å². The number of piperazine rings is 1. The van der Waals surface area contributed by atoms with Gasteiger partial charge in [0, 0.05) is 80.6 Å². The van der Waals surface area contributed by atoms with Crippen LogP contribution in [0.3, 0.4) is 0 Å². The van der Waals surface area contributed by atoms with Crippen molar-refractivity contribution in [2.45, 2.75) is 6.42 Å². The van der Waals surface area contributed by atoms with Crippen LogP contribution in [0.4, 0.5) is 10.1 Å². The molecule has 51 heavy (non-hydrogen) atoms. The Balaban J connectivity index is 1.13. The standard InChI is InChI=1S/C37H39FN6O7/c1-42-15-17-43(18-16-42)13-5-19-50-34-23-28-26(22-33(34)49-4)29(10-11-39-28)51-30-8-6-24(20-27(30)38)41-36(45)35-37(46)44(14-12-40-35)25-7-9-31(47-2)32(21-25)48-3/h6-12,14,20-23H,5,13,15-19H2,1-4H3,(H,41,45). The van der Waals surface area contributed by atoms with Crippen molar-refractivity contribution in [2.75, 3.05) is 73.0 Å². The molecular formula is C37H39FN6O7. The first kappa shape index (κ1) is 35.1. The minimum Gasteiger partial charge on any atom is -0.493 e. The second-order valence-corrected chi connectivity index (χ2v) is 11.9. The summed E-state index contributed by atoms with van der Waals surface area (Å²) in [7, 11) is 6.67. The molecule has 1 aliphatic rings. The maximum absolute atomic E-state index is 15.4. The number of aromatic nitrogens is 3. The fourth-order valence-electron chi connectivity index (χ4n) is 5.75. The molecule has 0 radical (unpaired) electrons. The Labute approximate surface area is 294 Å². The molecule has 1 saturated heterocycles. The number of rotatable bonds is 13. The van der Waals surface area contributed by atoms with Crippen LogP contribution >= 0.6 is 0 Å². The Morgan fingerprint density at radius 2 is 1.57 bits per heavy atom. The van der Waals surface area contributed by atoms with E-state index in [0.29, 0.717) is 51.9 Å². The van der Waals surface area contributed by atoms with E-state index < -0.39 is 17.3 Å². The van der Waals surface area contributed by atoms with Gasteiger partial charge in [-0.05, 0) is 49.9 Å². The molecule has 6 rings (SSSR count). The fourth-order valence-corrected chi connectivity index (χ4v) is 5.75. The highest BCUT2D eigenvalue weighted by Crippen LogP contribution is 2.38. The van der Waals surface area contributed by atoms with Crippen molar-refractivity contribution in [2.24, 2.45) is 0 Å². The molecule has 0 spiro atoms. The highest BCUT2D eigenvalue weighted by atomic mass is 19.1. The number of halogens is 1. The molecule has 3 aromatic carbocycles. The Morgan fingerprint density at radius 1 is 0.824 bits per heavy atom. The van der Waals surface area contributed by atoms with E-state index in [4.69, 9.17) is 23.7 Å². The minimum absolute atomic E-state index is 0.0858. The van der Waals surface area contributed by atoms with E-state index in [-0.39, 0.29) is 17.1 Å². The zero-order chi connectivity index (χ0) is 35.9. The molecule has 2 aromatic heterocycles. The number of fused-ring (bicyclic) bond motifs is 1. The lowest BCUT2D eigenvalue weighted by atomic mass is 10.1. The second-order valence-electron chi connectivity index (χ2n) is 11.9. The summed E-state index contributed by atoms with van der Waals surface area (Å²) in [5.74, 6) is 0.649. The number of pyridine rings is 1. The molecule has 3 heterocycles. The molecular weight excluding hydrogens is 659 g/mol. The van der Waals surface area contributed by atoms with E-state index in [2.05, 4.69) is 32.1 Å². The van der Waals surface area contributed by atoms with Gasteiger partial charge in [0.15, 0.2) is 40.3 Å². The van der Waals surface area contributed by atoms with Crippen LogP contribution in [-0.2, 0) is 0 Å². The van der Waals surface area contributed by atoms with Gasteiger partial charge >= 0.3 is 0 Å². The summed E-state index contributed by atoms with van der Waals surface area (Å²) >= 11 is 0. The van der Waals surface area contributed by atoms with Crippen LogP contribution in [0.2, 0.25) is 0 Å². The van der Waals surface area contributed by atoms with Gasteiger partial charge in [0.25, 0.3) is 11.5 Å². The number of hydrogen-bond acceptors (Lipinski definition) is 11. The lowest BCUT2D eigenvalue weighted by molar-refractivity contribution is 0.102. The van der Waals surface area contributed by atoms with E-state index >= 15 is 4.39 Å². The Kier molecular flexibility index (Phi) is 10.9. The summed E-state index contributed by atoms with van der Waals surface area (Å²) in [6.45, 7) is 5.72. The lowest BCUT2D eigenvalue weighted by Gasteiger charge is -2.32. The van der Waals surface area contributed by atoms with Gasteiger partial charge in [0.1, 0.15) is 5.75 Å². The van der Waals surface area contributed by atoms with Crippen molar-refractivity contribution in [3.63, 3.8) is 0 Å². The molecule has 0 unspecified atom stereocenters. The number of carbonyl (C=O) groups is 1. The summed E-state index contributed by atoms with van der Waals surface area (Å²) in [5.41, 5.74) is 0.0535. The average molecular weight is 699 g/mol. The lowest BCUT2D eigenvalue weighted by Crippen LogP contribution is -2.44. The molecule has 14 heteroatoms. The third-order valence-corrected chi connectivity index (χ3v) is 8.57. The maximum Gasteiger partial charge on any atom is 0.286 e. The summed E-state index contributed by atoms with van der Waals surface area (Å²) in [6.07, 6.45) is 5.18. The van der Waals surface area contributed by atoms with Gasteiger partial charge in [-0.15, -0.1) is 0 Å². The van der Waals surface area contributed by atoms with Crippen molar-refractivity contribution in [3.05, 3.63) is 95.1 Å². The SMILES string of the molecule is COc1ccc(-n2ccnc(C(=O)Nc3ccc(Oc4ccnc5cc(OCCCN6CCN(C)CC6)c(OC)cc45)c(F)c3)c2=O)cc1OC. The Bertz CT molecular complexity index is 2080. The van der Waals surface area contributed by atoms with E-state index in [1.54, 1.807) is 49.7 Å². The molecule has 1 aliphatic heterocycles. The quantitative estimate of drug-likeness (QED) is 0.167. The van der Waals surface area contributed by atoms with E-state index in [9.17, 15) is 9.59 Å². The first-order chi connectivity index (χ1) is 24.8. The maximum atomic E-state index is 15.4. The number of likely N-dealkylation sites (N-methyl/N-ethyl adjacent to an activating group) is 1. The largest absolute Gasteiger partial charge is 0.493 e. The number of hydrogen-bond donors (Lipinski definition) is 1. The predicted molar refractivity (Wildman–Crippen MR) is 190 cm³/mol. The van der Waals surface area contributed by atoms with Crippen LogP contribution in [0.25, 0.3) is 16.6 Å². The highest BCUT2D eigenvalue weighted by molar-refractivity contribution is 6.02. The monoisotopic (exact) mass is 698 g/mol. The van der Waals surface area contributed by atoms with Crippen LogP contribution in [0, 0.1) is 5.82 Å². The van der Waals surface area contributed by atoms with Crippen molar-refractivity contribution in [3.8, 4) is 40.2 Å². The van der Waals surface area contributed by atoms with Gasteiger partial charge in [-0.2, -0.15) is 0 Å². The number of nitrogens with zero attached hydrogens (tertiary/aromatic N) is 5. The first-order valence-electron chi connectivity index (χ1n) is 16.4. The Morgan fingerprint density at radius 3 is 2.31 bits per heavy atom. The molecule has 5 aromatic rings. The van der Waals surface area contributed by atoms with Gasteiger partial charge in [-0.1, -0.05) is 0 Å². The van der Waals surface area contributed by atoms with E-state index in [0.717, 1.165) is 45.2 Å². The zero-order valence-corrected chi connectivity index (χ0v) is 28.8. The van der Waals surface area contributed by atoms with Crippen molar-refractivity contribution < 1.29 is 32.9 Å². The van der Waals surface area contributed by atoms with Gasteiger partial charge in [-0.25, -0.2) is 9.37 Å². The molecule has 266 valence electrons. The number of nitrogens with one attached hydrogen (secondary N) is 1. The summed E-state index contributed by atoms with van der Waals surface area (Å²) in [5, 5.41) is 3.14. The normalized spacial score (nSPS) is 13.5. The molecule has 0 saturated carbocycles.